The quantitative estimate of drug-likeness (QED) is 0.254. The van der Waals surface area contributed by atoms with Gasteiger partial charge in [0.1, 0.15) is 0 Å². The van der Waals surface area contributed by atoms with Crippen molar-refractivity contribution >= 4 is 38.3 Å². The Hall–Kier alpha value is -0.680. The van der Waals surface area contributed by atoms with Crippen molar-refractivity contribution in [2.24, 2.45) is 10.8 Å². The molecule has 2 rings (SSSR count). The monoisotopic (exact) mass is 553 g/mol. The Morgan fingerprint density at radius 2 is 1.06 bits per heavy atom. The van der Waals surface area contributed by atoms with Gasteiger partial charge in [-0.2, -0.15) is 0 Å². The molecule has 0 bridgehead atoms. The summed E-state index contributed by atoms with van der Waals surface area (Å²) in [6.45, 7) is 28.0. The Morgan fingerprint density at radius 3 is 1.42 bits per heavy atom. The van der Waals surface area contributed by atoms with Crippen LogP contribution in [-0.4, -0.2) is 20.9 Å². The fraction of sp³-hybridized carbons (Fsp3) is 0.552. The van der Waals surface area contributed by atoms with Gasteiger partial charge < -0.3 is 0 Å². The molecule has 0 fully saturated rings. The summed E-state index contributed by atoms with van der Waals surface area (Å²) in [6, 6.07) is 4.74. The van der Waals surface area contributed by atoms with E-state index in [9.17, 15) is 0 Å². The fourth-order valence-electron chi connectivity index (χ4n) is 2.98. The van der Waals surface area contributed by atoms with Gasteiger partial charge in [-0.05, 0) is 0 Å². The molecule has 1 aromatic heterocycles. The van der Waals surface area contributed by atoms with Crippen LogP contribution in [0.2, 0.25) is 0 Å². The van der Waals surface area contributed by atoms with Gasteiger partial charge in [-0.3, -0.25) is 0 Å². The van der Waals surface area contributed by atoms with Crippen molar-refractivity contribution in [3.05, 3.63) is 64.6 Å². The van der Waals surface area contributed by atoms with Crippen molar-refractivity contribution in [3.63, 3.8) is 0 Å². The molecule has 0 aromatic carbocycles. The molecule has 0 aliphatic carbocycles. The van der Waals surface area contributed by atoms with Gasteiger partial charge in [0.05, 0.1) is 0 Å². The minimum atomic E-state index is -0.269. The SMILES string of the molecule is CC(C)(C)C1=CC(=C/C=C/c2cc(C(C)(C)C)[s+]c(C(C)(C)C)c2)C=C(C(C)(C)C)[Te]1. The van der Waals surface area contributed by atoms with Gasteiger partial charge in [-0.25, -0.2) is 0 Å². The second kappa shape index (κ2) is 9.29. The predicted molar refractivity (Wildman–Crippen MR) is 144 cm³/mol. The summed E-state index contributed by atoms with van der Waals surface area (Å²) in [5, 5.41) is 0. The average Bonchev–Trinajstić information content (AvgIpc) is 2.58. The van der Waals surface area contributed by atoms with Crippen LogP contribution in [0.15, 0.2) is 49.3 Å². The molecule has 0 nitrogen and oxygen atoms in total. The van der Waals surface area contributed by atoms with Gasteiger partial charge in [0.2, 0.25) is 0 Å². The molecule has 1 aliphatic rings. The van der Waals surface area contributed by atoms with Crippen LogP contribution in [0.4, 0.5) is 0 Å². The topological polar surface area (TPSA) is 0 Å². The van der Waals surface area contributed by atoms with Crippen LogP contribution in [0.25, 0.3) is 6.08 Å². The van der Waals surface area contributed by atoms with Crippen molar-refractivity contribution in [1.82, 2.24) is 0 Å². The number of rotatable bonds is 2. The predicted octanol–water partition coefficient (Wildman–Crippen LogP) is 9.14. The molecule has 0 unspecified atom stereocenters. The van der Waals surface area contributed by atoms with Crippen LogP contribution >= 0.6 is 11.3 Å². The van der Waals surface area contributed by atoms with Crippen LogP contribution in [0.5, 0.6) is 0 Å². The summed E-state index contributed by atoms with van der Waals surface area (Å²) < 4.78 is 3.30. The summed E-state index contributed by atoms with van der Waals surface area (Å²) in [7, 11) is 0. The van der Waals surface area contributed by atoms with Crippen LogP contribution in [0, 0.1) is 10.8 Å². The number of hydrogen-bond acceptors (Lipinski definition) is 0. The molecule has 1 aromatic rings. The summed E-state index contributed by atoms with van der Waals surface area (Å²) >= 11 is 1.69. The van der Waals surface area contributed by atoms with Crippen molar-refractivity contribution in [2.75, 3.05) is 0 Å². The first kappa shape index (κ1) is 26.6. The Kier molecular flexibility index (Phi) is 7.96. The second-order valence-electron chi connectivity index (χ2n) is 12.8. The van der Waals surface area contributed by atoms with Gasteiger partial charge >= 0.3 is 208 Å². The molecule has 0 saturated carbocycles. The Bertz CT molecular complexity index is 863. The number of allylic oxidation sites excluding steroid dienone is 7. The van der Waals surface area contributed by atoms with Crippen LogP contribution in [0.3, 0.4) is 0 Å². The van der Waals surface area contributed by atoms with Gasteiger partial charge in [0.25, 0.3) is 0 Å². The van der Waals surface area contributed by atoms with E-state index >= 15 is 0 Å². The van der Waals surface area contributed by atoms with Gasteiger partial charge in [-0.1, -0.05) is 0 Å². The molecule has 31 heavy (non-hydrogen) atoms. The van der Waals surface area contributed by atoms with Crippen LogP contribution in [0.1, 0.15) is 98.4 Å². The molecule has 2 heteroatoms. The van der Waals surface area contributed by atoms with E-state index in [0.717, 1.165) is 0 Å². The first-order valence-corrected chi connectivity index (χ1v) is 14.5. The van der Waals surface area contributed by atoms with Crippen molar-refractivity contribution in [2.45, 2.75) is 93.9 Å². The molecule has 0 atom stereocenters. The maximum absolute atomic E-state index is 2.45. The van der Waals surface area contributed by atoms with Crippen molar-refractivity contribution in [3.8, 4) is 0 Å². The molecular formula is C29H43STe+. The van der Waals surface area contributed by atoms with Gasteiger partial charge in [0, 0.05) is 0 Å². The van der Waals surface area contributed by atoms with E-state index in [0.29, 0.717) is 0 Å². The summed E-state index contributed by atoms with van der Waals surface area (Å²) in [5.41, 5.74) is 3.47. The van der Waals surface area contributed by atoms with Crippen molar-refractivity contribution in [1.29, 1.82) is 0 Å². The van der Waals surface area contributed by atoms with Gasteiger partial charge in [0.15, 0.2) is 0 Å². The molecule has 0 spiro atoms. The standard InChI is InChI=1S/C29H43STe/c1-26(2,3)22-16-20(17-23(30-22)27(4,5)6)14-13-15-21-18-24(28(7,8)9)31-25(19-21)29(10,11)12/h13-19H,1-12H3/q+1/b14-13+. The molecule has 0 radical (unpaired) electrons. The maximum atomic E-state index is 2.45. The van der Waals surface area contributed by atoms with E-state index in [2.05, 4.69) is 126 Å². The minimum absolute atomic E-state index is 0.162. The first-order valence-electron chi connectivity index (χ1n) is 11.4. The molecule has 0 N–H and O–H groups in total. The molecule has 1 aliphatic heterocycles. The summed E-state index contributed by atoms with van der Waals surface area (Å²) in [6.07, 6.45) is 11.7. The van der Waals surface area contributed by atoms with E-state index in [1.165, 1.54) is 20.9 Å². The third kappa shape index (κ3) is 7.70. The molecule has 170 valence electrons. The van der Waals surface area contributed by atoms with E-state index in [1.807, 2.05) is 11.3 Å². The van der Waals surface area contributed by atoms with E-state index in [1.54, 1.807) is 7.24 Å². The first-order chi connectivity index (χ1) is 13.9. The van der Waals surface area contributed by atoms with E-state index in [-0.39, 0.29) is 42.6 Å². The van der Waals surface area contributed by atoms with E-state index < -0.39 is 0 Å². The zero-order valence-electron chi connectivity index (χ0n) is 21.9. The molecular weight excluding hydrogens is 508 g/mol. The third-order valence-corrected chi connectivity index (χ3v) is 12.5. The third-order valence-electron chi connectivity index (χ3n) is 5.17. The zero-order chi connectivity index (χ0) is 23.8. The van der Waals surface area contributed by atoms with Crippen LogP contribution in [-0.2, 0) is 10.8 Å². The van der Waals surface area contributed by atoms with E-state index in [4.69, 9.17) is 0 Å². The summed E-state index contributed by atoms with van der Waals surface area (Å²) in [5.74, 6) is 0. The van der Waals surface area contributed by atoms with Crippen molar-refractivity contribution < 1.29 is 0 Å². The Morgan fingerprint density at radius 1 is 0.645 bits per heavy atom. The van der Waals surface area contributed by atoms with Gasteiger partial charge in [-0.15, -0.1) is 0 Å². The fourth-order valence-corrected chi connectivity index (χ4v) is 7.76. The Labute approximate surface area is 206 Å². The summed E-state index contributed by atoms with van der Waals surface area (Å²) in [4.78, 5) is 2.89. The normalized spacial score (nSPS) is 16.5. The average molecular weight is 551 g/mol. The number of hydrogen-bond donors (Lipinski definition) is 0. The van der Waals surface area contributed by atoms with Crippen LogP contribution < -0.4 is 0 Å². The molecule has 2 heterocycles. The zero-order valence-corrected chi connectivity index (χ0v) is 25.0. The second-order valence-corrected chi connectivity index (χ2v) is 16.9. The Balaban J connectivity index is 2.47. The molecule has 0 amide bonds. The molecule has 0 saturated heterocycles.